The summed E-state index contributed by atoms with van der Waals surface area (Å²) in [5, 5.41) is 11.4. The lowest BCUT2D eigenvalue weighted by molar-refractivity contribution is -0.134. The molecule has 3 N–H and O–H groups in total. The summed E-state index contributed by atoms with van der Waals surface area (Å²) in [5.41, 5.74) is 0.777. The van der Waals surface area contributed by atoms with E-state index < -0.39 is 18.0 Å². The average molecular weight is 265 g/mol. The van der Waals surface area contributed by atoms with Crippen molar-refractivity contribution in [2.75, 3.05) is 5.32 Å². The molecule has 1 aliphatic heterocycles. The lowest BCUT2D eigenvalue weighted by Gasteiger charge is -2.21. The molecule has 1 fully saturated rings. The number of rotatable bonds is 2. The third kappa shape index (κ3) is 3.09. The summed E-state index contributed by atoms with van der Waals surface area (Å²) in [5.74, 6) is -0.263. The molecule has 1 aromatic rings. The van der Waals surface area contributed by atoms with Crippen molar-refractivity contribution in [1.29, 1.82) is 0 Å². The van der Waals surface area contributed by atoms with Crippen LogP contribution in [0.2, 0.25) is 0 Å². The van der Waals surface area contributed by atoms with Gasteiger partial charge in [0.15, 0.2) is 0 Å². The van der Waals surface area contributed by atoms with Crippen LogP contribution in [-0.4, -0.2) is 33.7 Å². The van der Waals surface area contributed by atoms with E-state index in [1.165, 1.54) is 4.68 Å². The molecule has 1 saturated heterocycles. The number of amides is 4. The molecule has 4 amide bonds. The first-order valence-corrected chi connectivity index (χ1v) is 5.87. The number of carbonyl (C=O) groups is 3. The van der Waals surface area contributed by atoms with E-state index in [1.54, 1.807) is 13.1 Å². The van der Waals surface area contributed by atoms with Gasteiger partial charge in [0.05, 0.1) is 5.69 Å². The highest BCUT2D eigenvalue weighted by Crippen LogP contribution is 2.08. The molecule has 2 heterocycles. The summed E-state index contributed by atoms with van der Waals surface area (Å²) < 4.78 is 1.53. The quantitative estimate of drug-likeness (QED) is 0.636. The van der Waals surface area contributed by atoms with Crippen molar-refractivity contribution >= 4 is 23.7 Å². The van der Waals surface area contributed by atoms with E-state index in [-0.39, 0.29) is 12.3 Å². The number of carbonyl (C=O) groups excluding carboxylic acids is 3. The van der Waals surface area contributed by atoms with Crippen molar-refractivity contribution in [2.45, 2.75) is 25.8 Å². The summed E-state index contributed by atoms with van der Waals surface area (Å²) in [6, 6.07) is 0.522. The molecular weight excluding hydrogens is 250 g/mol. The Morgan fingerprint density at radius 2 is 2.26 bits per heavy atom. The van der Waals surface area contributed by atoms with Crippen molar-refractivity contribution in [3.05, 3.63) is 11.8 Å². The second-order valence-corrected chi connectivity index (χ2v) is 4.40. The van der Waals surface area contributed by atoms with Gasteiger partial charge in [0.1, 0.15) is 11.9 Å². The molecule has 0 aromatic carbocycles. The fourth-order valence-electron chi connectivity index (χ4n) is 1.87. The van der Waals surface area contributed by atoms with Gasteiger partial charge in [0.2, 0.25) is 11.8 Å². The standard InChI is InChI=1S/C11H15N5O3/c1-6-5-8(16(2)15-6)13-11(19)12-7-3-4-9(17)14-10(7)18/h5,7H,3-4H2,1-2H3,(H2,12,13,19)(H,14,17,18). The van der Waals surface area contributed by atoms with Crippen LogP contribution in [0.15, 0.2) is 6.07 Å². The van der Waals surface area contributed by atoms with Crippen molar-refractivity contribution in [1.82, 2.24) is 20.4 Å². The molecule has 1 unspecified atom stereocenters. The lowest BCUT2D eigenvalue weighted by Crippen LogP contribution is -2.53. The zero-order valence-electron chi connectivity index (χ0n) is 10.7. The average Bonchev–Trinajstić information content (AvgIpc) is 2.61. The monoisotopic (exact) mass is 265 g/mol. The Morgan fingerprint density at radius 1 is 1.53 bits per heavy atom. The Labute approximate surface area is 109 Å². The van der Waals surface area contributed by atoms with Crippen LogP contribution in [0.4, 0.5) is 10.6 Å². The second kappa shape index (κ2) is 5.09. The summed E-state index contributed by atoms with van der Waals surface area (Å²) >= 11 is 0. The van der Waals surface area contributed by atoms with Crippen LogP contribution in [0.1, 0.15) is 18.5 Å². The minimum Gasteiger partial charge on any atom is -0.326 e. The first-order valence-electron chi connectivity index (χ1n) is 5.87. The van der Waals surface area contributed by atoms with Crippen molar-refractivity contribution in [3.63, 3.8) is 0 Å². The second-order valence-electron chi connectivity index (χ2n) is 4.40. The summed E-state index contributed by atoms with van der Waals surface area (Å²) in [4.78, 5) is 34.2. The number of urea groups is 1. The van der Waals surface area contributed by atoms with Crippen LogP contribution in [0, 0.1) is 6.92 Å². The molecule has 0 radical (unpaired) electrons. The van der Waals surface area contributed by atoms with Gasteiger partial charge >= 0.3 is 6.03 Å². The third-order valence-corrected chi connectivity index (χ3v) is 2.79. The van der Waals surface area contributed by atoms with Crippen molar-refractivity contribution < 1.29 is 14.4 Å². The summed E-state index contributed by atoms with van der Waals surface area (Å²) in [7, 11) is 1.70. The number of piperidine rings is 1. The highest BCUT2D eigenvalue weighted by atomic mass is 16.2. The minimum atomic E-state index is -0.688. The van der Waals surface area contributed by atoms with Gasteiger partial charge in [0.25, 0.3) is 0 Å². The molecule has 1 atom stereocenters. The predicted molar refractivity (Wildman–Crippen MR) is 66.3 cm³/mol. The third-order valence-electron chi connectivity index (χ3n) is 2.79. The van der Waals surface area contributed by atoms with Gasteiger partial charge in [-0.05, 0) is 13.3 Å². The zero-order valence-corrected chi connectivity index (χ0v) is 10.7. The number of hydrogen-bond acceptors (Lipinski definition) is 4. The van der Waals surface area contributed by atoms with Gasteiger partial charge in [-0.2, -0.15) is 5.10 Å². The van der Waals surface area contributed by atoms with Gasteiger partial charge in [-0.25, -0.2) is 4.79 Å². The lowest BCUT2D eigenvalue weighted by atomic mass is 10.1. The van der Waals surface area contributed by atoms with E-state index in [0.717, 1.165) is 5.69 Å². The smallest absolute Gasteiger partial charge is 0.321 e. The van der Waals surface area contributed by atoms with E-state index in [2.05, 4.69) is 21.0 Å². The van der Waals surface area contributed by atoms with E-state index >= 15 is 0 Å². The molecule has 0 aliphatic carbocycles. The molecule has 1 aromatic heterocycles. The van der Waals surface area contributed by atoms with E-state index in [1.807, 2.05) is 6.92 Å². The van der Waals surface area contributed by atoms with Crippen LogP contribution in [0.3, 0.4) is 0 Å². The first kappa shape index (κ1) is 13.1. The van der Waals surface area contributed by atoms with Gasteiger partial charge in [-0.15, -0.1) is 0 Å². The predicted octanol–water partition coefficient (Wildman–Crippen LogP) is -0.345. The van der Waals surface area contributed by atoms with Crippen LogP contribution in [-0.2, 0) is 16.6 Å². The summed E-state index contributed by atoms with van der Waals surface area (Å²) in [6.45, 7) is 1.81. The maximum atomic E-state index is 11.7. The Bertz CT molecular complexity index is 536. The fraction of sp³-hybridized carbons (Fsp3) is 0.455. The number of imide groups is 1. The number of nitrogens with zero attached hydrogens (tertiary/aromatic N) is 2. The highest BCUT2D eigenvalue weighted by Gasteiger charge is 2.27. The number of aryl methyl sites for hydroxylation is 2. The van der Waals surface area contributed by atoms with Gasteiger partial charge in [0, 0.05) is 19.5 Å². The molecule has 1 aliphatic rings. The minimum absolute atomic E-state index is 0.224. The number of aromatic nitrogens is 2. The van der Waals surface area contributed by atoms with Crippen LogP contribution in [0.25, 0.3) is 0 Å². The molecular formula is C11H15N5O3. The normalized spacial score (nSPS) is 18.9. The van der Waals surface area contributed by atoms with E-state index in [4.69, 9.17) is 0 Å². The number of anilines is 1. The Morgan fingerprint density at radius 3 is 2.84 bits per heavy atom. The molecule has 102 valence electrons. The molecule has 0 saturated carbocycles. The van der Waals surface area contributed by atoms with E-state index in [0.29, 0.717) is 12.2 Å². The summed E-state index contributed by atoms with van der Waals surface area (Å²) in [6.07, 6.45) is 0.532. The van der Waals surface area contributed by atoms with Crippen molar-refractivity contribution in [2.24, 2.45) is 7.05 Å². The molecule has 0 spiro atoms. The van der Waals surface area contributed by atoms with E-state index in [9.17, 15) is 14.4 Å². The molecule has 2 rings (SSSR count). The Hall–Kier alpha value is -2.38. The Balaban J connectivity index is 1.93. The van der Waals surface area contributed by atoms with Crippen LogP contribution in [0.5, 0.6) is 0 Å². The zero-order chi connectivity index (χ0) is 14.0. The molecule has 0 bridgehead atoms. The first-order chi connectivity index (χ1) is 8.95. The maximum absolute atomic E-state index is 11.7. The topological polar surface area (TPSA) is 105 Å². The van der Waals surface area contributed by atoms with Crippen molar-refractivity contribution in [3.8, 4) is 0 Å². The van der Waals surface area contributed by atoms with Gasteiger partial charge in [-0.3, -0.25) is 24.9 Å². The highest BCUT2D eigenvalue weighted by molar-refractivity contribution is 6.02. The van der Waals surface area contributed by atoms with Crippen LogP contribution >= 0.6 is 0 Å². The largest absolute Gasteiger partial charge is 0.326 e. The fourth-order valence-corrected chi connectivity index (χ4v) is 1.87. The van der Waals surface area contributed by atoms with Gasteiger partial charge in [-0.1, -0.05) is 0 Å². The SMILES string of the molecule is Cc1cc(NC(=O)NC2CCC(=O)NC2=O)n(C)n1. The molecule has 19 heavy (non-hydrogen) atoms. The van der Waals surface area contributed by atoms with Crippen LogP contribution < -0.4 is 16.0 Å². The molecule has 8 nitrogen and oxygen atoms in total. The van der Waals surface area contributed by atoms with Gasteiger partial charge < -0.3 is 5.32 Å². The number of nitrogens with one attached hydrogen (secondary N) is 3. The Kier molecular flexibility index (Phi) is 3.50. The maximum Gasteiger partial charge on any atom is 0.321 e. The molecule has 8 heteroatoms. The number of hydrogen-bond donors (Lipinski definition) is 3.